The second-order valence-corrected chi connectivity index (χ2v) is 13.4. The van der Waals surface area contributed by atoms with E-state index in [1.165, 1.54) is 9.80 Å². The second kappa shape index (κ2) is 13.0. The Morgan fingerprint density at radius 2 is 1.82 bits per heavy atom. The van der Waals surface area contributed by atoms with Crippen molar-refractivity contribution < 1.29 is 32.3 Å². The molecule has 3 aliphatic heterocycles. The Labute approximate surface area is 281 Å². The van der Waals surface area contributed by atoms with Crippen molar-refractivity contribution in [1.82, 2.24) is 24.9 Å². The van der Waals surface area contributed by atoms with Crippen molar-refractivity contribution in [2.75, 3.05) is 18.4 Å². The summed E-state index contributed by atoms with van der Waals surface area (Å²) in [6, 6.07) is 15.6. The number of nitrogens with one attached hydrogen (secondary N) is 2. The standard InChI is InChI=1S/C35H36F3N7O4/c1-21(2)14-28(41-30(46)23-17-40-43(18-23)20-35(36,37)38)31(47)44-13-12-25(22-8-4-3-5-9-22)29(44)32(48)45-19-34(15-24(45)16-39)26-10-6-7-11-27(26)42-33(34)49/h3-11,17-18,21,24-25,28-29H,12-15,19-20H2,1-2H3,(H,41,46)(H,42,49)/t24-,25+,28-,29-,34-/m0/s1. The van der Waals surface area contributed by atoms with Gasteiger partial charge in [-0.1, -0.05) is 62.4 Å². The van der Waals surface area contributed by atoms with Crippen LogP contribution in [0.5, 0.6) is 0 Å². The van der Waals surface area contributed by atoms with Gasteiger partial charge in [0.25, 0.3) is 5.91 Å². The fourth-order valence-corrected chi connectivity index (χ4v) is 7.44. The summed E-state index contributed by atoms with van der Waals surface area (Å²) in [5.74, 6) is -2.57. The molecule has 1 aromatic heterocycles. The van der Waals surface area contributed by atoms with Crippen LogP contribution in [-0.2, 0) is 26.3 Å². The Kier molecular flexibility index (Phi) is 8.96. The van der Waals surface area contributed by atoms with Crippen LogP contribution in [0.3, 0.4) is 0 Å². The number of carbonyl (C=O) groups excluding carboxylic acids is 4. The third-order valence-corrected chi connectivity index (χ3v) is 9.62. The summed E-state index contributed by atoms with van der Waals surface area (Å²) in [6.07, 6.45) is -1.84. The van der Waals surface area contributed by atoms with E-state index in [-0.39, 0.29) is 43.3 Å². The van der Waals surface area contributed by atoms with E-state index in [0.717, 1.165) is 18.0 Å². The Morgan fingerprint density at radius 3 is 2.51 bits per heavy atom. The first kappa shape index (κ1) is 33.7. The fourth-order valence-electron chi connectivity index (χ4n) is 7.44. The molecule has 11 nitrogen and oxygen atoms in total. The number of likely N-dealkylation sites (tertiary alicyclic amines) is 2. The van der Waals surface area contributed by atoms with E-state index in [4.69, 9.17) is 0 Å². The van der Waals surface area contributed by atoms with Gasteiger partial charge >= 0.3 is 6.18 Å². The van der Waals surface area contributed by atoms with Crippen molar-refractivity contribution in [1.29, 1.82) is 5.26 Å². The molecule has 3 aromatic rings. The van der Waals surface area contributed by atoms with E-state index in [1.807, 2.05) is 50.2 Å². The molecule has 14 heteroatoms. The van der Waals surface area contributed by atoms with E-state index in [1.54, 1.807) is 18.2 Å². The predicted molar refractivity (Wildman–Crippen MR) is 171 cm³/mol. The number of hydrogen-bond donors (Lipinski definition) is 2. The molecule has 0 radical (unpaired) electrons. The molecule has 0 saturated carbocycles. The number of benzene rings is 2. The lowest BCUT2D eigenvalue weighted by Crippen LogP contribution is -2.56. The molecule has 5 atom stereocenters. The zero-order valence-corrected chi connectivity index (χ0v) is 27.0. The lowest BCUT2D eigenvalue weighted by molar-refractivity contribution is -0.145. The molecule has 6 rings (SSSR count). The van der Waals surface area contributed by atoms with Gasteiger partial charge in [-0.3, -0.25) is 23.9 Å². The predicted octanol–water partition coefficient (Wildman–Crippen LogP) is 3.99. The van der Waals surface area contributed by atoms with Crippen LogP contribution in [0.1, 0.15) is 60.5 Å². The van der Waals surface area contributed by atoms with Gasteiger partial charge in [-0.05, 0) is 36.0 Å². The van der Waals surface area contributed by atoms with Gasteiger partial charge in [0, 0.05) is 37.3 Å². The van der Waals surface area contributed by atoms with Crippen LogP contribution in [-0.4, -0.2) is 80.6 Å². The minimum atomic E-state index is -4.53. The summed E-state index contributed by atoms with van der Waals surface area (Å²) in [4.78, 5) is 58.7. The summed E-state index contributed by atoms with van der Waals surface area (Å²) >= 11 is 0. The maximum atomic E-state index is 14.7. The summed E-state index contributed by atoms with van der Waals surface area (Å²) in [5.41, 5.74) is 0.912. The first-order valence-electron chi connectivity index (χ1n) is 16.2. The number of alkyl halides is 3. The van der Waals surface area contributed by atoms with Crippen LogP contribution >= 0.6 is 0 Å². The van der Waals surface area contributed by atoms with E-state index in [0.29, 0.717) is 22.4 Å². The average Bonchev–Trinajstić information content (AvgIpc) is 3.85. The third-order valence-electron chi connectivity index (χ3n) is 9.62. The molecule has 2 aromatic carbocycles. The molecule has 1 spiro atoms. The molecule has 49 heavy (non-hydrogen) atoms. The first-order valence-corrected chi connectivity index (χ1v) is 16.2. The summed E-state index contributed by atoms with van der Waals surface area (Å²) < 4.78 is 39.3. The van der Waals surface area contributed by atoms with E-state index < -0.39 is 59.9 Å². The highest BCUT2D eigenvalue weighted by Crippen LogP contribution is 2.47. The van der Waals surface area contributed by atoms with Crippen molar-refractivity contribution >= 4 is 29.3 Å². The molecule has 3 aliphatic rings. The number of hydrogen-bond acceptors (Lipinski definition) is 6. The Bertz CT molecular complexity index is 1800. The lowest BCUT2D eigenvalue weighted by Gasteiger charge is -2.34. The number of rotatable bonds is 8. The van der Waals surface area contributed by atoms with Gasteiger partial charge in [-0.2, -0.15) is 23.5 Å². The number of halogens is 3. The van der Waals surface area contributed by atoms with Gasteiger partial charge in [-0.25, -0.2) is 0 Å². The summed E-state index contributed by atoms with van der Waals surface area (Å²) in [7, 11) is 0. The lowest BCUT2D eigenvalue weighted by atomic mass is 9.80. The van der Waals surface area contributed by atoms with Gasteiger partial charge in [0.2, 0.25) is 17.7 Å². The van der Waals surface area contributed by atoms with Crippen LogP contribution in [0.25, 0.3) is 0 Å². The topological polar surface area (TPSA) is 140 Å². The van der Waals surface area contributed by atoms with Gasteiger partial charge < -0.3 is 20.4 Å². The van der Waals surface area contributed by atoms with E-state index in [9.17, 15) is 37.6 Å². The highest BCUT2D eigenvalue weighted by molar-refractivity contribution is 6.07. The number of anilines is 1. The number of amides is 4. The van der Waals surface area contributed by atoms with Crippen LogP contribution in [0.4, 0.5) is 18.9 Å². The first-order chi connectivity index (χ1) is 23.3. The normalized spacial score (nSPS) is 23.8. The molecule has 0 unspecified atom stereocenters. The van der Waals surface area contributed by atoms with Crippen LogP contribution in [0.2, 0.25) is 0 Å². The molecule has 4 amide bonds. The van der Waals surface area contributed by atoms with E-state index >= 15 is 0 Å². The summed E-state index contributed by atoms with van der Waals surface area (Å²) in [5, 5.41) is 19.5. The average molecular weight is 676 g/mol. The molecular weight excluding hydrogens is 639 g/mol. The number of nitrogens with zero attached hydrogens (tertiary/aromatic N) is 5. The monoisotopic (exact) mass is 675 g/mol. The molecule has 2 N–H and O–H groups in total. The zero-order chi connectivity index (χ0) is 35.1. The van der Waals surface area contributed by atoms with E-state index in [2.05, 4.69) is 21.8 Å². The highest BCUT2D eigenvalue weighted by Gasteiger charge is 2.58. The van der Waals surface area contributed by atoms with Crippen molar-refractivity contribution in [3.63, 3.8) is 0 Å². The molecule has 2 saturated heterocycles. The Hall–Kier alpha value is -5.19. The number of carbonyl (C=O) groups is 4. The quantitative estimate of drug-likeness (QED) is 0.370. The highest BCUT2D eigenvalue weighted by atomic mass is 19.4. The maximum Gasteiger partial charge on any atom is 0.408 e. The fraction of sp³-hybridized carbons (Fsp3) is 0.429. The minimum Gasteiger partial charge on any atom is -0.340 e. The zero-order valence-electron chi connectivity index (χ0n) is 27.0. The number of fused-ring (bicyclic) bond motifs is 2. The number of aromatic nitrogens is 2. The minimum absolute atomic E-state index is 0.0407. The molecular formula is C35H36F3N7O4. The summed E-state index contributed by atoms with van der Waals surface area (Å²) in [6.45, 7) is 2.49. The Balaban J connectivity index is 1.31. The van der Waals surface area contributed by atoms with Gasteiger partial charge in [0.1, 0.15) is 24.7 Å². The SMILES string of the molecule is CC(C)C[C@H](NC(=O)c1cnn(CC(F)(F)F)c1)C(=O)N1CC[C@H](c2ccccc2)[C@H]1C(=O)N1C[C@]2(C[C@H]1C#N)C(=O)Nc1ccccc12. The largest absolute Gasteiger partial charge is 0.408 e. The number of nitriles is 1. The number of para-hydroxylation sites is 1. The molecule has 256 valence electrons. The maximum absolute atomic E-state index is 14.7. The van der Waals surface area contributed by atoms with Gasteiger partial charge in [0.15, 0.2) is 0 Å². The van der Waals surface area contributed by atoms with Crippen molar-refractivity contribution in [3.8, 4) is 6.07 Å². The molecule has 2 fully saturated rings. The molecule has 0 bridgehead atoms. The smallest absolute Gasteiger partial charge is 0.340 e. The van der Waals surface area contributed by atoms with Gasteiger partial charge in [-0.15, -0.1) is 0 Å². The Morgan fingerprint density at radius 1 is 1.10 bits per heavy atom. The van der Waals surface area contributed by atoms with Gasteiger partial charge in [0.05, 0.1) is 23.2 Å². The third kappa shape index (κ3) is 6.49. The molecule has 0 aliphatic carbocycles. The van der Waals surface area contributed by atoms with Crippen molar-refractivity contribution in [2.45, 2.75) is 75.3 Å². The van der Waals surface area contributed by atoms with Crippen LogP contribution in [0.15, 0.2) is 67.0 Å². The second-order valence-electron chi connectivity index (χ2n) is 13.4. The van der Waals surface area contributed by atoms with Crippen LogP contribution in [0, 0.1) is 17.2 Å². The molecule has 4 heterocycles. The van der Waals surface area contributed by atoms with Crippen molar-refractivity contribution in [2.24, 2.45) is 5.92 Å². The van der Waals surface area contributed by atoms with Crippen molar-refractivity contribution in [3.05, 3.63) is 83.7 Å². The van der Waals surface area contributed by atoms with Crippen LogP contribution < -0.4 is 10.6 Å².